The van der Waals surface area contributed by atoms with E-state index in [1.165, 1.54) is 304 Å². The molecule has 0 radical (unpaired) electrons. The van der Waals surface area contributed by atoms with Crippen LogP contribution in [0.3, 0.4) is 0 Å². The third kappa shape index (κ3) is 14.2. The number of para-hydroxylation sites is 2. The molecular weight excluding hydrogens is 1770 g/mol. The zero-order valence-corrected chi connectivity index (χ0v) is 84.9. The maximum Gasteiger partial charge on any atom is 0.0488 e. The summed E-state index contributed by atoms with van der Waals surface area (Å²) in [5.41, 5.74) is 49.2. The fourth-order valence-corrected chi connectivity index (χ4v) is 29.2. The Hall–Kier alpha value is -16.3. The van der Waals surface area contributed by atoms with Gasteiger partial charge in [0.2, 0.25) is 0 Å². The molecule has 0 saturated heterocycles. The predicted octanol–water partition coefficient (Wildman–Crippen LogP) is 38.8. The third-order valence-electron chi connectivity index (χ3n) is 35.8. The molecule has 9 aliphatic rings. The highest BCUT2D eigenvalue weighted by molar-refractivity contribution is 6.25. The molecule has 706 valence electrons. The molecule has 4 saturated carbocycles. The molecule has 0 spiro atoms. The lowest BCUT2D eigenvalue weighted by atomic mass is 9.47. The SMILES string of the molecule is CC1(C)c2ccccc2-c2cc(-c3c4ccccc4c(C45CC6CC(CC(C6)C4)C5)c4ccc(-c5ccccc5)cc34)ccc21.CN1c2ccccc2C=Cc2ccc(-c3c4ccccc4c(-c4ccc5c(c4)-c4ccccc4C5(C)C)c4cc(-c5ccccc5)ccc34)cc21.CN1c2ccccc2CCc2ccc(-c3c4ccccc4c(-c4ccc5c(c4)-c4ccccc4C5(C)C)c4cc(-c5ccccc5)ccc34)cc21. The van der Waals surface area contributed by atoms with Crippen LogP contribution in [0.2, 0.25) is 0 Å². The number of anilines is 4. The van der Waals surface area contributed by atoms with Crippen molar-refractivity contribution < 1.29 is 0 Å². The van der Waals surface area contributed by atoms with Crippen LogP contribution in [0.5, 0.6) is 0 Å². The Labute approximate surface area is 863 Å². The quantitative estimate of drug-likeness (QED) is 0.133. The summed E-state index contributed by atoms with van der Waals surface area (Å²) in [6.45, 7) is 14.2. The zero-order valence-electron chi connectivity index (χ0n) is 84.9. The minimum absolute atomic E-state index is 0.0113. The number of hydrogen-bond donors (Lipinski definition) is 0. The highest BCUT2D eigenvalue weighted by atomic mass is 15.1. The van der Waals surface area contributed by atoms with Gasteiger partial charge in [0.25, 0.3) is 0 Å². The highest BCUT2D eigenvalue weighted by Crippen LogP contribution is 2.65. The minimum atomic E-state index is -0.0346. The van der Waals surface area contributed by atoms with Gasteiger partial charge in [-0.05, 0) is 383 Å². The number of nitrogens with zero attached hydrogens (tertiary/aromatic N) is 2. The molecule has 31 rings (SSSR count). The van der Waals surface area contributed by atoms with E-state index in [0.717, 1.165) is 30.6 Å². The first kappa shape index (κ1) is 88.4. The lowest BCUT2D eigenvalue weighted by Gasteiger charge is -2.57. The van der Waals surface area contributed by atoms with Crippen LogP contribution in [0.15, 0.2) is 431 Å². The fraction of sp³-hybridized carbons (Fsp3) is 0.159. The molecule has 2 heterocycles. The van der Waals surface area contributed by atoms with Gasteiger partial charge in [-0.1, -0.05) is 424 Å². The topological polar surface area (TPSA) is 6.48 Å². The molecule has 22 aromatic rings. The van der Waals surface area contributed by atoms with E-state index in [0.29, 0.717) is 5.41 Å². The number of benzene rings is 22. The lowest BCUT2D eigenvalue weighted by Crippen LogP contribution is -2.48. The van der Waals surface area contributed by atoms with Crippen LogP contribution < -0.4 is 9.80 Å². The first-order valence-corrected chi connectivity index (χ1v) is 53.4. The van der Waals surface area contributed by atoms with Crippen molar-refractivity contribution in [1.82, 2.24) is 0 Å². The molecule has 4 fully saturated rings. The van der Waals surface area contributed by atoms with Gasteiger partial charge in [-0.3, -0.25) is 0 Å². The maximum atomic E-state index is 2.53. The molecule has 0 amide bonds. The number of rotatable bonds is 9. The van der Waals surface area contributed by atoms with Crippen LogP contribution in [0.1, 0.15) is 141 Å². The van der Waals surface area contributed by atoms with Crippen molar-refractivity contribution in [2.45, 2.75) is 115 Å². The highest BCUT2D eigenvalue weighted by Gasteiger charge is 2.53. The van der Waals surface area contributed by atoms with E-state index in [1.807, 2.05) is 0 Å². The number of aryl methyl sites for hydroxylation is 2. The monoisotopic (exact) mass is 1880 g/mol. The van der Waals surface area contributed by atoms with Gasteiger partial charge < -0.3 is 9.80 Å². The average molecular weight is 1890 g/mol. The summed E-state index contributed by atoms with van der Waals surface area (Å²) in [6.07, 6.45) is 15.1. The minimum Gasteiger partial charge on any atom is -0.344 e. The number of fused-ring (bicyclic) bond motifs is 19. The first-order valence-electron chi connectivity index (χ1n) is 53.4. The standard InChI is InChI=1S/C50H39N.C50H37N.C45H40/c2*1-50(2)44-19-11-10-16-38(44)42-30-36(26-28-45(42)50)49-40-18-9-8-17-39(40)48(41-27-25-35(29-43(41)49)32-13-5-4-6-14-32)37-24-23-34-22-21-33-15-7-12-20-46(33)51(3)47(34)31-37;1-44(2)40-15-9-8-12-34(40)38-24-33(17-19-41(38)44)42-35-13-6-7-14-36(35)43(45-25-28-20-29(26-45)22-30(21-28)27-45)37-18-16-32(23-39(37)42)31-10-4-3-5-11-31/h4-20,23-31H,21-22H2,1-3H3;4-31H,1-3H3;3-19,23-24,28-30H,20-22,25-27H2,1-2H3. The van der Waals surface area contributed by atoms with Gasteiger partial charge in [-0.15, -0.1) is 0 Å². The van der Waals surface area contributed by atoms with E-state index < -0.39 is 0 Å². The molecule has 0 aromatic heterocycles. The number of hydrogen-bond acceptors (Lipinski definition) is 2. The van der Waals surface area contributed by atoms with Crippen molar-refractivity contribution in [3.8, 4) is 122 Å². The first-order chi connectivity index (χ1) is 71.9. The van der Waals surface area contributed by atoms with Gasteiger partial charge in [0.05, 0.1) is 0 Å². The normalized spacial score (nSPS) is 17.5. The van der Waals surface area contributed by atoms with Crippen molar-refractivity contribution >= 4 is 99.5 Å². The van der Waals surface area contributed by atoms with Gasteiger partial charge in [-0.25, -0.2) is 0 Å². The molecule has 2 heteroatoms. The third-order valence-corrected chi connectivity index (χ3v) is 35.8. The Morgan fingerprint density at radius 3 is 0.925 bits per heavy atom. The zero-order chi connectivity index (χ0) is 98.5. The van der Waals surface area contributed by atoms with Crippen LogP contribution in [-0.4, -0.2) is 14.1 Å². The van der Waals surface area contributed by atoms with Gasteiger partial charge >= 0.3 is 0 Å². The Bertz CT molecular complexity index is 9220. The molecule has 2 nitrogen and oxygen atoms in total. The Morgan fingerprint density at radius 2 is 0.483 bits per heavy atom. The van der Waals surface area contributed by atoms with Crippen molar-refractivity contribution in [2.24, 2.45) is 17.8 Å². The molecular formula is C145H116N2. The summed E-state index contributed by atoms with van der Waals surface area (Å²) in [7, 11) is 4.42. The summed E-state index contributed by atoms with van der Waals surface area (Å²) in [5, 5.41) is 16.0. The van der Waals surface area contributed by atoms with Gasteiger partial charge in [0.15, 0.2) is 0 Å². The maximum absolute atomic E-state index is 2.53. The Morgan fingerprint density at radius 1 is 0.197 bits per heavy atom. The molecule has 7 aliphatic carbocycles. The van der Waals surface area contributed by atoms with Crippen molar-refractivity contribution in [3.63, 3.8) is 0 Å². The molecule has 22 aromatic carbocycles. The Balaban J connectivity index is 0.000000107. The lowest BCUT2D eigenvalue weighted by molar-refractivity contribution is -0.00383. The molecule has 2 aliphatic heterocycles. The molecule has 0 unspecified atom stereocenters. The van der Waals surface area contributed by atoms with E-state index in [4.69, 9.17) is 0 Å². The summed E-state index contributed by atoms with van der Waals surface area (Å²) in [5.74, 6) is 2.73. The summed E-state index contributed by atoms with van der Waals surface area (Å²) < 4.78 is 0. The summed E-state index contributed by atoms with van der Waals surface area (Å²) in [4.78, 5) is 4.74. The summed E-state index contributed by atoms with van der Waals surface area (Å²) >= 11 is 0. The summed E-state index contributed by atoms with van der Waals surface area (Å²) in [6, 6.07) is 162. The fourth-order valence-electron chi connectivity index (χ4n) is 29.2. The molecule has 0 N–H and O–H groups in total. The average Bonchev–Trinajstić information content (AvgIpc) is 0.918. The smallest absolute Gasteiger partial charge is 0.0488 e. The van der Waals surface area contributed by atoms with E-state index in [9.17, 15) is 0 Å². The van der Waals surface area contributed by atoms with E-state index >= 15 is 0 Å². The second kappa shape index (κ2) is 34.2. The van der Waals surface area contributed by atoms with Crippen LogP contribution >= 0.6 is 0 Å². The van der Waals surface area contributed by atoms with Gasteiger partial charge in [0.1, 0.15) is 0 Å². The largest absolute Gasteiger partial charge is 0.344 e. The van der Waals surface area contributed by atoms with Crippen LogP contribution in [0.25, 0.3) is 199 Å². The van der Waals surface area contributed by atoms with Crippen molar-refractivity contribution in [1.29, 1.82) is 0 Å². The van der Waals surface area contributed by atoms with E-state index in [2.05, 4.69) is 508 Å². The van der Waals surface area contributed by atoms with Crippen molar-refractivity contribution in [3.05, 3.63) is 492 Å². The second-order valence-electron chi connectivity index (χ2n) is 45.0. The van der Waals surface area contributed by atoms with Crippen LogP contribution in [0.4, 0.5) is 22.7 Å². The van der Waals surface area contributed by atoms with E-state index in [1.54, 1.807) is 5.56 Å². The second-order valence-corrected chi connectivity index (χ2v) is 45.0. The van der Waals surface area contributed by atoms with Gasteiger partial charge in [-0.2, -0.15) is 0 Å². The van der Waals surface area contributed by atoms with E-state index in [-0.39, 0.29) is 16.2 Å². The predicted molar refractivity (Wildman–Crippen MR) is 626 cm³/mol. The molecule has 147 heavy (non-hydrogen) atoms. The Kier molecular flexibility index (Phi) is 20.6. The molecule has 4 bridgehead atoms. The van der Waals surface area contributed by atoms with Crippen LogP contribution in [-0.2, 0) is 34.5 Å². The van der Waals surface area contributed by atoms with Gasteiger partial charge in [0, 0.05) is 53.1 Å². The van der Waals surface area contributed by atoms with Crippen molar-refractivity contribution in [2.75, 3.05) is 23.9 Å². The van der Waals surface area contributed by atoms with Crippen LogP contribution in [0, 0.1) is 17.8 Å². The molecule has 0 atom stereocenters.